The molecule has 1 aliphatic rings. The summed E-state index contributed by atoms with van der Waals surface area (Å²) in [5.41, 5.74) is 1.68. The summed E-state index contributed by atoms with van der Waals surface area (Å²) in [6.07, 6.45) is 2.85. The minimum atomic E-state index is -0.662. The Morgan fingerprint density at radius 1 is 1.24 bits per heavy atom. The maximum atomic E-state index is 12.0. The lowest BCUT2D eigenvalue weighted by molar-refractivity contribution is -0.142. The zero-order valence-corrected chi connectivity index (χ0v) is 12.3. The molecule has 21 heavy (non-hydrogen) atoms. The largest absolute Gasteiger partial charge is 0.464 e. The SMILES string of the molecule is CCCCCOC(=O)CN1C(=O)C(=O)c2cccc(C)c21. The number of carbonyl (C=O) groups excluding carboxylic acids is 3. The highest BCUT2D eigenvalue weighted by Crippen LogP contribution is 2.31. The highest BCUT2D eigenvalue weighted by atomic mass is 16.5. The van der Waals surface area contributed by atoms with Gasteiger partial charge in [-0.15, -0.1) is 0 Å². The van der Waals surface area contributed by atoms with Crippen LogP contribution in [0.5, 0.6) is 0 Å². The van der Waals surface area contributed by atoms with Crippen LogP contribution in [0, 0.1) is 6.92 Å². The number of esters is 1. The van der Waals surface area contributed by atoms with Gasteiger partial charge in [-0.05, 0) is 25.0 Å². The Balaban J connectivity index is 2.06. The second-order valence-corrected chi connectivity index (χ2v) is 5.12. The van der Waals surface area contributed by atoms with Crippen molar-refractivity contribution in [1.82, 2.24) is 0 Å². The number of hydrogen-bond donors (Lipinski definition) is 0. The summed E-state index contributed by atoms with van der Waals surface area (Å²) in [4.78, 5) is 36.9. The van der Waals surface area contributed by atoms with Gasteiger partial charge in [0.2, 0.25) is 0 Å². The van der Waals surface area contributed by atoms with E-state index in [9.17, 15) is 14.4 Å². The normalized spacial score (nSPS) is 13.5. The maximum absolute atomic E-state index is 12.0. The van der Waals surface area contributed by atoms with E-state index >= 15 is 0 Å². The number of aryl methyl sites for hydroxylation is 1. The summed E-state index contributed by atoms with van der Waals surface area (Å²) in [5, 5.41) is 0. The van der Waals surface area contributed by atoms with Crippen LogP contribution in [0.1, 0.15) is 42.1 Å². The molecule has 112 valence electrons. The molecule has 0 N–H and O–H groups in total. The topological polar surface area (TPSA) is 63.7 Å². The van der Waals surface area contributed by atoms with Gasteiger partial charge in [-0.2, -0.15) is 0 Å². The Labute approximate surface area is 123 Å². The average Bonchev–Trinajstić information content (AvgIpc) is 2.70. The number of ether oxygens (including phenoxy) is 1. The molecular weight excluding hydrogens is 270 g/mol. The third kappa shape index (κ3) is 3.12. The van der Waals surface area contributed by atoms with Gasteiger partial charge in [0, 0.05) is 0 Å². The highest BCUT2D eigenvalue weighted by Gasteiger charge is 2.37. The lowest BCUT2D eigenvalue weighted by atomic mass is 10.1. The van der Waals surface area contributed by atoms with Crippen molar-refractivity contribution in [1.29, 1.82) is 0 Å². The molecule has 0 unspecified atom stereocenters. The van der Waals surface area contributed by atoms with E-state index in [2.05, 4.69) is 6.92 Å². The van der Waals surface area contributed by atoms with E-state index in [1.165, 1.54) is 4.90 Å². The molecule has 0 radical (unpaired) electrons. The summed E-state index contributed by atoms with van der Waals surface area (Å²) in [7, 11) is 0. The Bertz CT molecular complexity index is 580. The third-order valence-corrected chi connectivity index (χ3v) is 3.49. The molecule has 0 bridgehead atoms. The first-order chi connectivity index (χ1) is 10.1. The molecule has 1 aliphatic heterocycles. The fourth-order valence-corrected chi connectivity index (χ4v) is 2.40. The van der Waals surface area contributed by atoms with Gasteiger partial charge in [0.05, 0.1) is 17.9 Å². The molecule has 5 nitrogen and oxygen atoms in total. The molecule has 0 fully saturated rings. The van der Waals surface area contributed by atoms with E-state index in [4.69, 9.17) is 4.74 Å². The molecule has 1 aromatic carbocycles. The quantitative estimate of drug-likeness (QED) is 0.458. The number of ketones is 1. The number of nitrogens with zero attached hydrogens (tertiary/aromatic N) is 1. The van der Waals surface area contributed by atoms with Gasteiger partial charge in [-0.1, -0.05) is 31.9 Å². The van der Waals surface area contributed by atoms with E-state index < -0.39 is 17.7 Å². The number of anilines is 1. The number of unbranched alkanes of at least 4 members (excludes halogenated alkanes) is 2. The van der Waals surface area contributed by atoms with Crippen molar-refractivity contribution in [3.8, 4) is 0 Å². The lowest BCUT2D eigenvalue weighted by Crippen LogP contribution is -2.35. The number of amides is 1. The van der Waals surface area contributed by atoms with Crippen LogP contribution in [0.3, 0.4) is 0 Å². The minimum absolute atomic E-state index is 0.214. The summed E-state index contributed by atoms with van der Waals surface area (Å²) >= 11 is 0. The van der Waals surface area contributed by atoms with Crippen LogP contribution in [0.4, 0.5) is 5.69 Å². The Morgan fingerprint density at radius 2 is 2.00 bits per heavy atom. The van der Waals surface area contributed by atoms with Gasteiger partial charge >= 0.3 is 5.97 Å². The maximum Gasteiger partial charge on any atom is 0.326 e. The summed E-state index contributed by atoms with van der Waals surface area (Å²) in [6, 6.07) is 5.14. The van der Waals surface area contributed by atoms with Crippen LogP contribution in [0.25, 0.3) is 0 Å². The Kier molecular flexibility index (Phi) is 4.73. The number of benzene rings is 1. The zero-order chi connectivity index (χ0) is 15.4. The molecule has 5 heteroatoms. The van der Waals surface area contributed by atoms with Crippen LogP contribution in [0.15, 0.2) is 18.2 Å². The molecule has 2 rings (SSSR count). The predicted molar refractivity (Wildman–Crippen MR) is 78.3 cm³/mol. The monoisotopic (exact) mass is 289 g/mol. The second kappa shape index (κ2) is 6.52. The van der Waals surface area contributed by atoms with Gasteiger partial charge in [0.25, 0.3) is 11.7 Å². The van der Waals surface area contributed by atoms with Crippen molar-refractivity contribution in [3.05, 3.63) is 29.3 Å². The first kappa shape index (κ1) is 15.2. The number of para-hydroxylation sites is 1. The number of Topliss-reactive ketones (excluding diaryl/α,β-unsaturated/α-hetero) is 1. The lowest BCUT2D eigenvalue weighted by Gasteiger charge is -2.17. The second-order valence-electron chi connectivity index (χ2n) is 5.12. The number of fused-ring (bicyclic) bond motifs is 1. The molecule has 0 spiro atoms. The smallest absolute Gasteiger partial charge is 0.326 e. The first-order valence-corrected chi connectivity index (χ1v) is 7.17. The zero-order valence-electron chi connectivity index (χ0n) is 12.3. The van der Waals surface area contributed by atoms with Crippen molar-refractivity contribution >= 4 is 23.3 Å². The molecule has 1 amide bonds. The van der Waals surface area contributed by atoms with Crippen molar-refractivity contribution < 1.29 is 19.1 Å². The van der Waals surface area contributed by atoms with Gasteiger partial charge in [0.15, 0.2) is 0 Å². The molecule has 1 aromatic rings. The van der Waals surface area contributed by atoms with E-state index in [0.717, 1.165) is 24.8 Å². The highest BCUT2D eigenvalue weighted by molar-refractivity contribution is 6.52. The van der Waals surface area contributed by atoms with Gasteiger partial charge < -0.3 is 4.74 Å². The van der Waals surface area contributed by atoms with E-state index in [1.807, 2.05) is 13.0 Å². The molecule has 0 saturated carbocycles. The van der Waals surface area contributed by atoms with Crippen LogP contribution >= 0.6 is 0 Å². The van der Waals surface area contributed by atoms with Gasteiger partial charge in [-0.25, -0.2) is 0 Å². The fraction of sp³-hybridized carbons (Fsp3) is 0.438. The number of hydrogen-bond acceptors (Lipinski definition) is 4. The molecule has 0 aromatic heterocycles. The summed E-state index contributed by atoms with van der Waals surface area (Å²) < 4.78 is 5.10. The van der Waals surface area contributed by atoms with Crippen molar-refractivity contribution in [3.63, 3.8) is 0 Å². The summed E-state index contributed by atoms with van der Waals surface area (Å²) in [6.45, 7) is 4.01. The third-order valence-electron chi connectivity index (χ3n) is 3.49. The van der Waals surface area contributed by atoms with Gasteiger partial charge in [-0.3, -0.25) is 19.3 Å². The van der Waals surface area contributed by atoms with Crippen LogP contribution in [0.2, 0.25) is 0 Å². The Hall–Kier alpha value is -2.17. The van der Waals surface area contributed by atoms with Crippen molar-refractivity contribution in [2.24, 2.45) is 0 Å². The first-order valence-electron chi connectivity index (χ1n) is 7.17. The molecule has 0 saturated heterocycles. The van der Waals surface area contributed by atoms with Crippen LogP contribution in [-0.4, -0.2) is 30.8 Å². The fourth-order valence-electron chi connectivity index (χ4n) is 2.40. The number of rotatable bonds is 6. The average molecular weight is 289 g/mol. The van der Waals surface area contributed by atoms with Crippen LogP contribution < -0.4 is 4.90 Å². The standard InChI is InChI=1S/C16H19NO4/c1-3-4-5-9-21-13(18)10-17-14-11(2)7-6-8-12(14)15(19)16(17)20/h6-8H,3-5,9-10H2,1-2H3. The van der Waals surface area contributed by atoms with E-state index in [1.54, 1.807) is 12.1 Å². The van der Waals surface area contributed by atoms with E-state index in [0.29, 0.717) is 17.9 Å². The number of carbonyl (C=O) groups is 3. The molecule has 0 aliphatic carbocycles. The molecule has 1 heterocycles. The van der Waals surface area contributed by atoms with E-state index in [-0.39, 0.29) is 6.54 Å². The van der Waals surface area contributed by atoms with Crippen molar-refractivity contribution in [2.75, 3.05) is 18.1 Å². The predicted octanol–water partition coefficient (Wildman–Crippen LogP) is 2.26. The minimum Gasteiger partial charge on any atom is -0.464 e. The summed E-state index contributed by atoms with van der Waals surface area (Å²) in [5.74, 6) is -1.71. The Morgan fingerprint density at radius 3 is 2.71 bits per heavy atom. The van der Waals surface area contributed by atoms with Gasteiger partial charge in [0.1, 0.15) is 6.54 Å². The van der Waals surface area contributed by atoms with Crippen molar-refractivity contribution in [2.45, 2.75) is 33.1 Å². The molecular formula is C16H19NO4. The molecule has 0 atom stereocenters. The van der Waals surface area contributed by atoms with Crippen LogP contribution in [-0.2, 0) is 14.3 Å².